The lowest BCUT2D eigenvalue weighted by Crippen LogP contribution is -2.54. The van der Waals surface area contributed by atoms with Crippen molar-refractivity contribution in [2.75, 3.05) is 18.1 Å². The van der Waals surface area contributed by atoms with Crippen LogP contribution in [0.5, 0.6) is 5.75 Å². The summed E-state index contributed by atoms with van der Waals surface area (Å²) in [7, 11) is 0. The molecule has 8 nitrogen and oxygen atoms in total. The summed E-state index contributed by atoms with van der Waals surface area (Å²) in [5.41, 5.74) is -4.64. The van der Waals surface area contributed by atoms with Gasteiger partial charge >= 0.3 is 6.36 Å². The lowest BCUT2D eigenvalue weighted by atomic mass is 9.90. The number of carbonyl (C=O) groups is 2. The SMILES string of the molecule is C[C@@](C(=O)/N=C/C1CCOC1)(c1cncnc1)N(C(=O)[C@H](F)Cl)c1ccc(OC(F)(F)F)cc1. The van der Waals surface area contributed by atoms with Crippen LogP contribution >= 0.6 is 11.6 Å². The molecule has 1 saturated heterocycles. The van der Waals surface area contributed by atoms with Crippen LogP contribution in [0, 0.1) is 5.92 Å². The molecule has 13 heteroatoms. The Kier molecular flexibility index (Phi) is 7.82. The molecule has 0 radical (unpaired) electrons. The zero-order valence-corrected chi connectivity index (χ0v) is 18.5. The second-order valence-corrected chi connectivity index (χ2v) is 7.81. The molecule has 0 bridgehead atoms. The molecule has 1 unspecified atom stereocenters. The third kappa shape index (κ3) is 5.86. The Labute approximate surface area is 196 Å². The van der Waals surface area contributed by atoms with E-state index in [1.54, 1.807) is 0 Å². The summed E-state index contributed by atoms with van der Waals surface area (Å²) in [6.07, 6.45) is 0.738. The molecule has 3 rings (SSSR count). The van der Waals surface area contributed by atoms with E-state index in [2.05, 4.69) is 19.7 Å². The van der Waals surface area contributed by atoms with Crippen molar-refractivity contribution >= 4 is 35.3 Å². The average molecular weight is 503 g/mol. The van der Waals surface area contributed by atoms with E-state index < -0.39 is 35.1 Å². The number of ether oxygens (including phenoxy) is 2. The van der Waals surface area contributed by atoms with Crippen LogP contribution in [0.3, 0.4) is 0 Å². The largest absolute Gasteiger partial charge is 0.573 e. The fourth-order valence-corrected chi connectivity index (χ4v) is 3.47. The number of hydrogen-bond acceptors (Lipinski definition) is 6. The van der Waals surface area contributed by atoms with E-state index in [-0.39, 0.29) is 17.2 Å². The molecule has 0 N–H and O–H groups in total. The van der Waals surface area contributed by atoms with Crippen LogP contribution in [0.1, 0.15) is 18.9 Å². The van der Waals surface area contributed by atoms with Gasteiger partial charge in [-0.2, -0.15) is 0 Å². The van der Waals surface area contributed by atoms with Gasteiger partial charge in [-0.25, -0.2) is 19.4 Å². The first-order chi connectivity index (χ1) is 16.0. The van der Waals surface area contributed by atoms with Gasteiger partial charge in [-0.1, -0.05) is 11.6 Å². The van der Waals surface area contributed by atoms with Gasteiger partial charge in [0.05, 0.1) is 6.61 Å². The second-order valence-electron chi connectivity index (χ2n) is 7.42. The van der Waals surface area contributed by atoms with Crippen LogP contribution in [0.15, 0.2) is 48.0 Å². The number of rotatable bonds is 7. The molecule has 0 aliphatic carbocycles. The van der Waals surface area contributed by atoms with Crippen molar-refractivity contribution in [3.05, 3.63) is 48.5 Å². The van der Waals surface area contributed by atoms with Gasteiger partial charge in [-0.3, -0.25) is 14.5 Å². The Morgan fingerprint density at radius 3 is 2.44 bits per heavy atom. The van der Waals surface area contributed by atoms with E-state index in [1.165, 1.54) is 31.9 Å². The van der Waals surface area contributed by atoms with Gasteiger partial charge in [-0.05, 0) is 37.6 Å². The maximum atomic E-state index is 14.1. The number of alkyl halides is 5. The number of anilines is 1. The quantitative estimate of drug-likeness (QED) is 0.325. The van der Waals surface area contributed by atoms with E-state index in [4.69, 9.17) is 16.3 Å². The zero-order chi connectivity index (χ0) is 24.9. The number of aliphatic imine (C=N–C) groups is 1. The summed E-state index contributed by atoms with van der Waals surface area (Å²) in [5.74, 6) is -2.94. The Hall–Kier alpha value is -3.12. The predicted molar refractivity (Wildman–Crippen MR) is 113 cm³/mol. The highest BCUT2D eigenvalue weighted by atomic mass is 35.5. The van der Waals surface area contributed by atoms with Gasteiger partial charge < -0.3 is 9.47 Å². The normalized spacial score (nSPS) is 18.9. The third-order valence-electron chi connectivity index (χ3n) is 5.09. The van der Waals surface area contributed by atoms with E-state index in [0.717, 1.165) is 24.3 Å². The smallest absolute Gasteiger partial charge is 0.406 e. The molecule has 1 aliphatic rings. The minimum Gasteiger partial charge on any atom is -0.406 e. The van der Waals surface area contributed by atoms with Gasteiger partial charge in [0.15, 0.2) is 5.54 Å². The van der Waals surface area contributed by atoms with Crippen molar-refractivity contribution in [3.63, 3.8) is 0 Å². The van der Waals surface area contributed by atoms with Gasteiger partial charge in [0.1, 0.15) is 12.1 Å². The molecular formula is C21H19ClF4N4O4. The first-order valence-electron chi connectivity index (χ1n) is 9.92. The molecule has 0 saturated carbocycles. The molecule has 1 aromatic heterocycles. The molecule has 34 heavy (non-hydrogen) atoms. The Morgan fingerprint density at radius 1 is 1.26 bits per heavy atom. The maximum Gasteiger partial charge on any atom is 0.573 e. The van der Waals surface area contributed by atoms with Gasteiger partial charge in [0, 0.05) is 42.4 Å². The van der Waals surface area contributed by atoms with Gasteiger partial charge in [0.2, 0.25) is 0 Å². The van der Waals surface area contributed by atoms with Crippen molar-refractivity contribution in [2.45, 2.75) is 30.9 Å². The highest BCUT2D eigenvalue weighted by Gasteiger charge is 2.47. The first-order valence-corrected chi connectivity index (χ1v) is 10.4. The van der Waals surface area contributed by atoms with Crippen LogP contribution in [-0.4, -0.2) is 53.2 Å². The summed E-state index contributed by atoms with van der Waals surface area (Å²) in [6.45, 7) is 2.15. The van der Waals surface area contributed by atoms with Gasteiger partial charge in [-0.15, -0.1) is 13.2 Å². The fourth-order valence-electron chi connectivity index (χ4n) is 3.37. The lowest BCUT2D eigenvalue weighted by Gasteiger charge is -2.39. The van der Waals surface area contributed by atoms with Crippen LogP contribution in [-0.2, 0) is 19.9 Å². The second kappa shape index (κ2) is 10.4. The molecule has 1 aliphatic heterocycles. The van der Waals surface area contributed by atoms with Gasteiger partial charge in [0.25, 0.3) is 17.4 Å². The van der Waals surface area contributed by atoms with E-state index >= 15 is 0 Å². The number of carbonyl (C=O) groups excluding carboxylic acids is 2. The highest BCUT2D eigenvalue weighted by molar-refractivity contribution is 6.32. The Morgan fingerprint density at radius 2 is 1.91 bits per heavy atom. The number of halogens is 5. The molecule has 182 valence electrons. The van der Waals surface area contributed by atoms with Crippen molar-refractivity contribution in [2.24, 2.45) is 10.9 Å². The molecule has 1 aromatic carbocycles. The van der Waals surface area contributed by atoms with Crippen LogP contribution < -0.4 is 9.64 Å². The minimum atomic E-state index is -4.94. The summed E-state index contributed by atoms with van der Waals surface area (Å²) < 4.78 is 60.7. The number of aromatic nitrogens is 2. The van der Waals surface area contributed by atoms with Crippen molar-refractivity contribution < 1.29 is 36.6 Å². The number of nitrogens with zero attached hydrogens (tertiary/aromatic N) is 4. The molecular weight excluding hydrogens is 484 g/mol. The molecule has 1 fully saturated rings. The summed E-state index contributed by atoms with van der Waals surface area (Å²) in [4.78, 5) is 38.7. The molecule has 2 aromatic rings. The molecule has 0 spiro atoms. The standard InChI is InChI=1S/C21H19ClF4N4O4/c1-20(14-9-27-12-28-10-14,19(32)29-8-13-6-7-33-11-13)30(18(31)17(22)23)15-2-4-16(5-3-15)34-21(24,25)26/h2-5,8-10,12-13,17H,6-7,11H2,1H3/b29-8+/t13?,17-,20-/m0/s1. The lowest BCUT2D eigenvalue weighted by molar-refractivity contribution is -0.274. The Bertz CT molecular complexity index is 1030. The van der Waals surface area contributed by atoms with Crippen molar-refractivity contribution in [1.82, 2.24) is 9.97 Å². The molecule has 3 atom stereocenters. The Balaban J connectivity index is 2.09. The van der Waals surface area contributed by atoms with E-state index in [9.17, 15) is 27.2 Å². The van der Waals surface area contributed by atoms with Crippen LogP contribution in [0.25, 0.3) is 0 Å². The zero-order valence-electron chi connectivity index (χ0n) is 17.7. The van der Waals surface area contributed by atoms with E-state index in [1.807, 2.05) is 0 Å². The van der Waals surface area contributed by atoms with Crippen LogP contribution in [0.4, 0.5) is 23.2 Å². The minimum absolute atomic E-state index is 0.0705. The van der Waals surface area contributed by atoms with Crippen LogP contribution in [0.2, 0.25) is 0 Å². The maximum absolute atomic E-state index is 14.1. The predicted octanol–water partition coefficient (Wildman–Crippen LogP) is 3.79. The van der Waals surface area contributed by atoms with E-state index in [0.29, 0.717) is 24.5 Å². The highest BCUT2D eigenvalue weighted by Crippen LogP contribution is 2.37. The topological polar surface area (TPSA) is 94.0 Å². The summed E-state index contributed by atoms with van der Waals surface area (Å²) >= 11 is 5.44. The monoisotopic (exact) mass is 502 g/mol. The summed E-state index contributed by atoms with van der Waals surface area (Å²) in [5, 5.41) is 0. The summed E-state index contributed by atoms with van der Waals surface area (Å²) in [6, 6.07) is 3.94. The molecule has 2 amide bonds. The number of amides is 2. The average Bonchev–Trinajstić information content (AvgIpc) is 3.31. The van der Waals surface area contributed by atoms with Crippen molar-refractivity contribution in [3.8, 4) is 5.75 Å². The number of benzene rings is 1. The third-order valence-corrected chi connectivity index (χ3v) is 5.28. The first kappa shape index (κ1) is 25.5. The van der Waals surface area contributed by atoms with Crippen molar-refractivity contribution in [1.29, 1.82) is 0 Å². The number of hydrogen-bond donors (Lipinski definition) is 0. The fraction of sp³-hybridized carbons (Fsp3) is 0.381. The molecule has 2 heterocycles.